The zero-order chi connectivity index (χ0) is 20.6. The van der Waals surface area contributed by atoms with E-state index in [9.17, 15) is 4.79 Å². The molecule has 0 saturated carbocycles. The van der Waals surface area contributed by atoms with Crippen LogP contribution in [0.1, 0.15) is 46.9 Å². The molecule has 4 heteroatoms. The number of aromatic nitrogens is 1. The summed E-state index contributed by atoms with van der Waals surface area (Å²) in [5.74, 6) is 0.947. The summed E-state index contributed by atoms with van der Waals surface area (Å²) in [6.07, 6.45) is 4.12. The van der Waals surface area contributed by atoms with Crippen LogP contribution in [-0.2, 0) is 13.1 Å². The van der Waals surface area contributed by atoms with Crippen LogP contribution in [0.4, 0.5) is 0 Å². The maximum absolute atomic E-state index is 13.1. The fourth-order valence-corrected chi connectivity index (χ4v) is 3.39. The summed E-state index contributed by atoms with van der Waals surface area (Å²) in [7, 11) is 1.68. The molecule has 0 fully saturated rings. The fourth-order valence-electron chi connectivity index (χ4n) is 3.39. The van der Waals surface area contributed by atoms with Crippen LogP contribution in [0.15, 0.2) is 66.9 Å². The van der Waals surface area contributed by atoms with Crippen LogP contribution in [0.3, 0.4) is 0 Å². The first-order valence-electron chi connectivity index (χ1n) is 10.2. The lowest BCUT2D eigenvalue weighted by Crippen LogP contribution is -2.32. The van der Waals surface area contributed by atoms with E-state index >= 15 is 0 Å². The molecule has 0 aliphatic carbocycles. The second-order valence-corrected chi connectivity index (χ2v) is 7.43. The third-order valence-corrected chi connectivity index (χ3v) is 5.13. The molecule has 0 bridgehead atoms. The number of rotatable bonds is 9. The lowest BCUT2D eigenvalue weighted by molar-refractivity contribution is 0.0737. The van der Waals surface area contributed by atoms with Crippen LogP contribution >= 0.6 is 0 Å². The Morgan fingerprint density at radius 1 is 1.07 bits per heavy atom. The Bertz CT molecular complexity index is 928. The van der Waals surface area contributed by atoms with E-state index in [0.717, 1.165) is 48.5 Å². The SMILES string of the molecule is CCCCN(Cc1cccn1Cc1cccc(OC)c1)C(=O)c1ccc(C)cc1. The van der Waals surface area contributed by atoms with Crippen LogP contribution in [0.25, 0.3) is 0 Å². The first-order chi connectivity index (χ1) is 14.1. The largest absolute Gasteiger partial charge is 0.497 e. The molecule has 29 heavy (non-hydrogen) atoms. The lowest BCUT2D eigenvalue weighted by Gasteiger charge is -2.24. The fraction of sp³-hybridized carbons (Fsp3) is 0.320. The molecule has 3 rings (SSSR count). The number of methoxy groups -OCH3 is 1. The van der Waals surface area contributed by atoms with Gasteiger partial charge in [-0.15, -0.1) is 0 Å². The van der Waals surface area contributed by atoms with E-state index in [1.807, 2.05) is 54.3 Å². The zero-order valence-electron chi connectivity index (χ0n) is 17.6. The second-order valence-electron chi connectivity index (χ2n) is 7.43. The highest BCUT2D eigenvalue weighted by atomic mass is 16.5. The van der Waals surface area contributed by atoms with Gasteiger partial charge in [0.15, 0.2) is 0 Å². The van der Waals surface area contributed by atoms with Gasteiger partial charge in [0.1, 0.15) is 5.75 Å². The second kappa shape index (κ2) is 9.97. The summed E-state index contributed by atoms with van der Waals surface area (Å²) in [5, 5.41) is 0. The molecule has 1 heterocycles. The Kier molecular flexibility index (Phi) is 7.12. The molecule has 3 aromatic rings. The molecule has 0 atom stereocenters. The molecule has 152 valence electrons. The van der Waals surface area contributed by atoms with E-state index in [0.29, 0.717) is 6.54 Å². The van der Waals surface area contributed by atoms with Crippen molar-refractivity contribution in [3.63, 3.8) is 0 Å². The number of carbonyl (C=O) groups is 1. The van der Waals surface area contributed by atoms with Gasteiger partial charge >= 0.3 is 0 Å². The Labute approximate surface area is 173 Å². The molecule has 0 unspecified atom stereocenters. The number of amides is 1. The zero-order valence-corrected chi connectivity index (χ0v) is 17.6. The van der Waals surface area contributed by atoms with Crippen molar-refractivity contribution in [1.29, 1.82) is 0 Å². The van der Waals surface area contributed by atoms with Crippen molar-refractivity contribution in [3.05, 3.63) is 89.2 Å². The van der Waals surface area contributed by atoms with Gasteiger partial charge in [-0.1, -0.05) is 43.2 Å². The number of carbonyl (C=O) groups excluding carboxylic acids is 1. The quantitative estimate of drug-likeness (QED) is 0.497. The molecule has 0 N–H and O–H groups in total. The monoisotopic (exact) mass is 390 g/mol. The number of ether oxygens (including phenoxy) is 1. The van der Waals surface area contributed by atoms with Crippen LogP contribution in [-0.4, -0.2) is 29.0 Å². The predicted octanol–water partition coefficient (Wildman–Crippen LogP) is 5.30. The summed E-state index contributed by atoms with van der Waals surface area (Å²) in [6.45, 7) is 6.30. The minimum absolute atomic E-state index is 0.0904. The highest BCUT2D eigenvalue weighted by molar-refractivity contribution is 5.94. The molecular weight excluding hydrogens is 360 g/mol. The normalized spacial score (nSPS) is 10.7. The van der Waals surface area contributed by atoms with E-state index in [2.05, 4.69) is 35.9 Å². The van der Waals surface area contributed by atoms with Gasteiger partial charge in [0.2, 0.25) is 0 Å². The van der Waals surface area contributed by atoms with Crippen LogP contribution in [0.2, 0.25) is 0 Å². The Balaban J connectivity index is 1.78. The summed E-state index contributed by atoms with van der Waals surface area (Å²) in [5.41, 5.74) is 4.21. The van der Waals surface area contributed by atoms with Crippen molar-refractivity contribution >= 4 is 5.91 Å². The van der Waals surface area contributed by atoms with Crippen molar-refractivity contribution < 1.29 is 9.53 Å². The third kappa shape index (κ3) is 5.50. The van der Waals surface area contributed by atoms with E-state index in [4.69, 9.17) is 4.74 Å². The average molecular weight is 391 g/mol. The van der Waals surface area contributed by atoms with Crippen LogP contribution in [0, 0.1) is 6.92 Å². The third-order valence-electron chi connectivity index (χ3n) is 5.13. The topological polar surface area (TPSA) is 34.5 Å². The lowest BCUT2D eigenvalue weighted by atomic mass is 10.1. The number of aryl methyl sites for hydroxylation is 1. The molecule has 0 aliphatic heterocycles. The van der Waals surface area contributed by atoms with Crippen LogP contribution in [0.5, 0.6) is 5.75 Å². The van der Waals surface area contributed by atoms with Gasteiger partial charge in [-0.3, -0.25) is 4.79 Å². The molecular formula is C25H30N2O2. The summed E-state index contributed by atoms with van der Waals surface area (Å²) < 4.78 is 7.54. The van der Waals surface area contributed by atoms with Crippen molar-refractivity contribution in [1.82, 2.24) is 9.47 Å². The molecule has 0 spiro atoms. The predicted molar refractivity (Wildman–Crippen MR) is 117 cm³/mol. The number of unbranched alkanes of at least 4 members (excludes halogenated alkanes) is 1. The van der Waals surface area contributed by atoms with Crippen molar-refractivity contribution in [2.75, 3.05) is 13.7 Å². The summed E-state index contributed by atoms with van der Waals surface area (Å²) >= 11 is 0. The Hall–Kier alpha value is -3.01. The van der Waals surface area contributed by atoms with Gasteiger partial charge in [-0.25, -0.2) is 0 Å². The molecule has 4 nitrogen and oxygen atoms in total. The number of benzene rings is 2. The molecule has 2 aromatic carbocycles. The van der Waals surface area contributed by atoms with E-state index in [-0.39, 0.29) is 5.91 Å². The van der Waals surface area contributed by atoms with E-state index in [1.165, 1.54) is 5.56 Å². The minimum atomic E-state index is 0.0904. The molecule has 1 aromatic heterocycles. The average Bonchev–Trinajstić information content (AvgIpc) is 3.17. The Morgan fingerprint density at radius 2 is 1.86 bits per heavy atom. The number of hydrogen-bond acceptors (Lipinski definition) is 2. The summed E-state index contributed by atoms with van der Waals surface area (Å²) in [4.78, 5) is 15.1. The smallest absolute Gasteiger partial charge is 0.254 e. The van der Waals surface area contributed by atoms with E-state index < -0.39 is 0 Å². The maximum Gasteiger partial charge on any atom is 0.254 e. The van der Waals surface area contributed by atoms with Gasteiger partial charge in [-0.2, -0.15) is 0 Å². The van der Waals surface area contributed by atoms with E-state index in [1.54, 1.807) is 7.11 Å². The molecule has 0 saturated heterocycles. The highest BCUT2D eigenvalue weighted by Crippen LogP contribution is 2.17. The van der Waals surface area contributed by atoms with Gasteiger partial charge in [0.05, 0.1) is 13.7 Å². The first kappa shape index (κ1) is 20.7. The van der Waals surface area contributed by atoms with Gasteiger partial charge in [0, 0.05) is 30.5 Å². The standard InChI is InChI=1S/C25H30N2O2/c1-4-5-15-27(25(28)22-13-11-20(2)12-14-22)19-23-9-7-16-26(23)18-21-8-6-10-24(17-21)29-3/h6-14,16-17H,4-5,15,18-19H2,1-3H3. The highest BCUT2D eigenvalue weighted by Gasteiger charge is 2.17. The molecule has 1 amide bonds. The van der Waals surface area contributed by atoms with Gasteiger partial charge < -0.3 is 14.2 Å². The Morgan fingerprint density at radius 3 is 2.59 bits per heavy atom. The van der Waals surface area contributed by atoms with Crippen molar-refractivity contribution in [2.24, 2.45) is 0 Å². The van der Waals surface area contributed by atoms with Crippen molar-refractivity contribution in [2.45, 2.75) is 39.8 Å². The first-order valence-corrected chi connectivity index (χ1v) is 10.2. The molecule has 0 radical (unpaired) electrons. The van der Waals surface area contributed by atoms with Crippen molar-refractivity contribution in [3.8, 4) is 5.75 Å². The number of nitrogens with zero attached hydrogens (tertiary/aromatic N) is 2. The summed E-state index contributed by atoms with van der Waals surface area (Å²) in [6, 6.07) is 20.1. The minimum Gasteiger partial charge on any atom is -0.497 e. The number of hydrogen-bond donors (Lipinski definition) is 0. The van der Waals surface area contributed by atoms with Gasteiger partial charge in [-0.05, 0) is 55.3 Å². The molecule has 0 aliphatic rings. The van der Waals surface area contributed by atoms with Crippen LogP contribution < -0.4 is 4.74 Å². The van der Waals surface area contributed by atoms with Gasteiger partial charge in [0.25, 0.3) is 5.91 Å². The maximum atomic E-state index is 13.1.